The molecule has 1 atom stereocenters. The molecule has 1 aromatic carbocycles. The third-order valence-electron chi connectivity index (χ3n) is 2.92. The number of likely N-dealkylation sites (N-methyl/N-ethyl adjacent to an activating group) is 1. The van der Waals surface area contributed by atoms with Crippen LogP contribution >= 0.6 is 27.3 Å². The van der Waals surface area contributed by atoms with E-state index in [-0.39, 0.29) is 5.82 Å². The van der Waals surface area contributed by atoms with Gasteiger partial charge in [-0.25, -0.2) is 4.39 Å². The Hall–Kier alpha value is -0.710. The van der Waals surface area contributed by atoms with E-state index in [1.807, 2.05) is 13.1 Å². The van der Waals surface area contributed by atoms with E-state index in [0.29, 0.717) is 6.04 Å². The Morgan fingerprint density at radius 1 is 1.33 bits per heavy atom. The summed E-state index contributed by atoms with van der Waals surface area (Å²) in [4.78, 5) is 1.37. The maximum absolute atomic E-state index is 13.0. The van der Waals surface area contributed by atoms with Crippen molar-refractivity contribution in [1.82, 2.24) is 5.32 Å². The molecule has 0 aliphatic rings. The molecule has 2 aromatic rings. The lowest BCUT2D eigenvalue weighted by molar-refractivity contribution is 0.557. The van der Waals surface area contributed by atoms with Crippen molar-refractivity contribution in [2.75, 3.05) is 7.05 Å². The Morgan fingerprint density at radius 3 is 2.78 bits per heavy atom. The van der Waals surface area contributed by atoms with Gasteiger partial charge in [0.15, 0.2) is 0 Å². The van der Waals surface area contributed by atoms with Crippen LogP contribution in [-0.4, -0.2) is 13.1 Å². The van der Waals surface area contributed by atoms with Crippen molar-refractivity contribution < 1.29 is 4.39 Å². The van der Waals surface area contributed by atoms with Crippen molar-refractivity contribution in [1.29, 1.82) is 0 Å². The topological polar surface area (TPSA) is 12.0 Å². The van der Waals surface area contributed by atoms with Gasteiger partial charge in [-0.1, -0.05) is 28.1 Å². The van der Waals surface area contributed by atoms with Gasteiger partial charge < -0.3 is 5.32 Å². The zero-order chi connectivity index (χ0) is 13.0. The third-order valence-corrected chi connectivity index (χ3v) is 4.55. The van der Waals surface area contributed by atoms with E-state index in [1.165, 1.54) is 17.0 Å². The average molecular weight is 328 g/mol. The van der Waals surface area contributed by atoms with Gasteiger partial charge in [0.2, 0.25) is 0 Å². The second kappa shape index (κ2) is 6.45. The van der Waals surface area contributed by atoms with Crippen LogP contribution < -0.4 is 5.32 Å². The van der Waals surface area contributed by atoms with Crippen LogP contribution in [0.15, 0.2) is 40.2 Å². The fraction of sp³-hybridized carbons (Fsp3) is 0.286. The molecule has 4 heteroatoms. The second-order valence-corrected chi connectivity index (χ2v) is 6.10. The highest BCUT2D eigenvalue weighted by Crippen LogP contribution is 2.21. The standard InChI is InChI=1S/C14H15BrFNS/c1-17-12(9-13-3-2-6-18-13)7-10-4-5-11(16)8-14(10)15/h2-6,8,12,17H,7,9H2,1H3. The first kappa shape index (κ1) is 13.7. The van der Waals surface area contributed by atoms with Crippen molar-refractivity contribution in [2.24, 2.45) is 0 Å². The van der Waals surface area contributed by atoms with Crippen LogP contribution in [0.2, 0.25) is 0 Å². The Morgan fingerprint density at radius 2 is 2.17 bits per heavy atom. The largest absolute Gasteiger partial charge is 0.316 e. The molecule has 1 aromatic heterocycles. The Balaban J connectivity index is 2.05. The molecule has 0 spiro atoms. The number of nitrogens with one attached hydrogen (secondary N) is 1. The zero-order valence-corrected chi connectivity index (χ0v) is 12.5. The van der Waals surface area contributed by atoms with Gasteiger partial charge in [0.25, 0.3) is 0 Å². The molecular formula is C14H15BrFNS. The lowest BCUT2D eigenvalue weighted by Crippen LogP contribution is -2.29. The van der Waals surface area contributed by atoms with Gasteiger partial charge in [-0.3, -0.25) is 0 Å². The van der Waals surface area contributed by atoms with Gasteiger partial charge in [-0.2, -0.15) is 0 Å². The van der Waals surface area contributed by atoms with Gasteiger partial charge in [-0.15, -0.1) is 11.3 Å². The number of hydrogen-bond donors (Lipinski definition) is 1. The number of thiophene rings is 1. The first-order valence-corrected chi connectivity index (χ1v) is 7.50. The maximum atomic E-state index is 13.0. The first-order chi connectivity index (χ1) is 8.69. The van der Waals surface area contributed by atoms with Gasteiger partial charge in [0.1, 0.15) is 5.82 Å². The van der Waals surface area contributed by atoms with E-state index in [1.54, 1.807) is 11.3 Å². The molecule has 0 saturated heterocycles. The minimum absolute atomic E-state index is 0.204. The number of rotatable bonds is 5. The molecule has 2 rings (SSSR count). The molecule has 1 heterocycles. The van der Waals surface area contributed by atoms with E-state index in [0.717, 1.165) is 22.9 Å². The summed E-state index contributed by atoms with van der Waals surface area (Å²) in [5, 5.41) is 5.42. The SMILES string of the molecule is CNC(Cc1cccs1)Cc1ccc(F)cc1Br. The summed E-state index contributed by atoms with van der Waals surface area (Å²) in [5.41, 5.74) is 1.13. The number of hydrogen-bond acceptors (Lipinski definition) is 2. The van der Waals surface area contributed by atoms with Gasteiger partial charge >= 0.3 is 0 Å². The Bertz CT molecular complexity index is 499. The monoisotopic (exact) mass is 327 g/mol. The average Bonchev–Trinajstić information content (AvgIpc) is 2.84. The van der Waals surface area contributed by atoms with Gasteiger partial charge in [0.05, 0.1) is 0 Å². The number of benzene rings is 1. The van der Waals surface area contributed by atoms with E-state index in [2.05, 4.69) is 38.8 Å². The molecule has 0 aliphatic carbocycles. The van der Waals surface area contributed by atoms with Crippen LogP contribution in [0.1, 0.15) is 10.4 Å². The minimum Gasteiger partial charge on any atom is -0.316 e. The van der Waals surface area contributed by atoms with E-state index in [4.69, 9.17) is 0 Å². The third kappa shape index (κ3) is 3.64. The predicted octanol–water partition coefficient (Wildman–Crippen LogP) is 4.02. The lowest BCUT2D eigenvalue weighted by atomic mass is 10.0. The summed E-state index contributed by atoms with van der Waals surface area (Å²) in [6, 6.07) is 9.46. The van der Waals surface area contributed by atoms with Crippen LogP contribution in [0.5, 0.6) is 0 Å². The summed E-state index contributed by atoms with van der Waals surface area (Å²) in [7, 11) is 1.97. The first-order valence-electron chi connectivity index (χ1n) is 5.82. The highest BCUT2D eigenvalue weighted by molar-refractivity contribution is 9.10. The van der Waals surface area contributed by atoms with Crippen molar-refractivity contribution in [3.63, 3.8) is 0 Å². The smallest absolute Gasteiger partial charge is 0.124 e. The molecule has 0 fully saturated rings. The van der Waals surface area contributed by atoms with Crippen LogP contribution in [0, 0.1) is 5.82 Å². The van der Waals surface area contributed by atoms with Crippen molar-refractivity contribution >= 4 is 27.3 Å². The quantitative estimate of drug-likeness (QED) is 0.874. The summed E-state index contributed by atoms with van der Waals surface area (Å²) < 4.78 is 13.9. The molecule has 96 valence electrons. The summed E-state index contributed by atoms with van der Waals surface area (Å²) in [5.74, 6) is -0.204. The molecule has 0 saturated carbocycles. The second-order valence-electron chi connectivity index (χ2n) is 4.21. The summed E-state index contributed by atoms with van der Waals surface area (Å²) >= 11 is 5.19. The van der Waals surface area contributed by atoms with E-state index >= 15 is 0 Å². The van der Waals surface area contributed by atoms with Crippen molar-refractivity contribution in [3.05, 3.63) is 56.4 Å². The van der Waals surface area contributed by atoms with Gasteiger partial charge in [0, 0.05) is 15.4 Å². The lowest BCUT2D eigenvalue weighted by Gasteiger charge is -2.16. The summed E-state index contributed by atoms with van der Waals surface area (Å²) in [6.45, 7) is 0. The normalized spacial score (nSPS) is 12.6. The van der Waals surface area contributed by atoms with Crippen LogP contribution in [0.3, 0.4) is 0 Å². The Labute approximate surface area is 119 Å². The summed E-state index contributed by atoms with van der Waals surface area (Å²) in [6.07, 6.45) is 1.88. The molecule has 18 heavy (non-hydrogen) atoms. The van der Waals surface area contributed by atoms with Crippen LogP contribution in [-0.2, 0) is 12.8 Å². The van der Waals surface area contributed by atoms with Crippen molar-refractivity contribution in [2.45, 2.75) is 18.9 Å². The Kier molecular flexibility index (Phi) is 4.92. The molecule has 0 amide bonds. The fourth-order valence-corrected chi connectivity index (χ4v) is 3.20. The van der Waals surface area contributed by atoms with Crippen molar-refractivity contribution in [3.8, 4) is 0 Å². The molecule has 0 radical (unpaired) electrons. The van der Waals surface area contributed by atoms with Crippen LogP contribution in [0.4, 0.5) is 4.39 Å². The molecule has 1 nitrogen and oxygen atoms in total. The molecule has 0 bridgehead atoms. The molecular weight excluding hydrogens is 313 g/mol. The highest BCUT2D eigenvalue weighted by atomic mass is 79.9. The zero-order valence-electron chi connectivity index (χ0n) is 10.1. The van der Waals surface area contributed by atoms with Crippen LogP contribution in [0.25, 0.3) is 0 Å². The molecule has 1 unspecified atom stereocenters. The molecule has 0 aliphatic heterocycles. The predicted molar refractivity (Wildman–Crippen MR) is 78.7 cm³/mol. The van der Waals surface area contributed by atoms with Gasteiger partial charge in [-0.05, 0) is 49.0 Å². The fourth-order valence-electron chi connectivity index (χ4n) is 1.90. The van der Waals surface area contributed by atoms with E-state index in [9.17, 15) is 4.39 Å². The number of halogens is 2. The maximum Gasteiger partial charge on any atom is 0.124 e. The minimum atomic E-state index is -0.204. The highest BCUT2D eigenvalue weighted by Gasteiger charge is 2.11. The molecule has 1 N–H and O–H groups in total. The van der Waals surface area contributed by atoms with E-state index < -0.39 is 0 Å².